The molecular formula is C22H30N4O3S. The summed E-state index contributed by atoms with van der Waals surface area (Å²) in [4.78, 5) is 6.96. The smallest absolute Gasteiger partial charge is 0.162 e. The molecule has 8 heteroatoms. The molecule has 3 aliphatic rings. The summed E-state index contributed by atoms with van der Waals surface area (Å²) < 4.78 is 34.2. The van der Waals surface area contributed by atoms with Crippen LogP contribution < -0.4 is 14.4 Å². The third-order valence-electron chi connectivity index (χ3n) is 7.15. The summed E-state index contributed by atoms with van der Waals surface area (Å²) in [6.45, 7) is 3.56. The van der Waals surface area contributed by atoms with Crippen molar-refractivity contribution in [1.82, 2.24) is 9.29 Å². The molecule has 2 aromatic rings. The summed E-state index contributed by atoms with van der Waals surface area (Å²) in [6, 6.07) is 6.03. The predicted molar refractivity (Wildman–Crippen MR) is 119 cm³/mol. The first kappa shape index (κ1) is 19.9. The molecule has 1 aromatic heterocycles. The number of aromatic nitrogens is 1. The number of ether oxygens (including phenoxy) is 2. The van der Waals surface area contributed by atoms with Gasteiger partial charge < -0.3 is 14.4 Å². The van der Waals surface area contributed by atoms with Gasteiger partial charge in [-0.15, -0.1) is 0 Å². The van der Waals surface area contributed by atoms with E-state index in [1.165, 1.54) is 5.69 Å². The summed E-state index contributed by atoms with van der Waals surface area (Å²) in [7, 11) is 0.731. The SMILES string of the molecule is COc1cc2nccc(N3CCC4(CC3)CCN([S@](=N)(=O)C3CC3)C4)c2cc1OC. The van der Waals surface area contributed by atoms with Crippen LogP contribution in [0.2, 0.25) is 0 Å². The predicted octanol–water partition coefficient (Wildman–Crippen LogP) is 3.67. The molecule has 1 N–H and O–H groups in total. The van der Waals surface area contributed by atoms with Gasteiger partial charge in [-0.25, -0.2) is 13.3 Å². The third kappa shape index (κ3) is 3.30. The van der Waals surface area contributed by atoms with Gasteiger partial charge in [0, 0.05) is 49.5 Å². The van der Waals surface area contributed by atoms with Crippen molar-refractivity contribution in [2.75, 3.05) is 45.3 Å². The third-order valence-corrected chi connectivity index (χ3v) is 9.61. The van der Waals surface area contributed by atoms with E-state index in [4.69, 9.17) is 14.3 Å². The number of anilines is 1. The Bertz CT molecular complexity index is 1060. The fourth-order valence-electron chi connectivity index (χ4n) is 5.09. The van der Waals surface area contributed by atoms with E-state index in [1.807, 2.05) is 22.6 Å². The van der Waals surface area contributed by atoms with Crippen molar-refractivity contribution in [3.05, 3.63) is 24.4 Å². The van der Waals surface area contributed by atoms with Crippen LogP contribution in [0.3, 0.4) is 0 Å². The Morgan fingerprint density at radius 1 is 1.10 bits per heavy atom. The summed E-state index contributed by atoms with van der Waals surface area (Å²) in [5.74, 6) is 1.40. The molecule has 2 aliphatic heterocycles. The van der Waals surface area contributed by atoms with Crippen LogP contribution in [0.5, 0.6) is 11.5 Å². The Labute approximate surface area is 178 Å². The van der Waals surface area contributed by atoms with E-state index in [-0.39, 0.29) is 10.7 Å². The zero-order valence-corrected chi connectivity index (χ0v) is 18.5. The van der Waals surface area contributed by atoms with Crippen molar-refractivity contribution < 1.29 is 13.7 Å². The van der Waals surface area contributed by atoms with Crippen LogP contribution in [-0.2, 0) is 9.92 Å². The molecule has 162 valence electrons. The normalized spacial score (nSPS) is 23.6. The Morgan fingerprint density at radius 2 is 1.77 bits per heavy atom. The number of hydrogen-bond acceptors (Lipinski definition) is 6. The second kappa shape index (κ2) is 7.27. The molecule has 1 aromatic carbocycles. The number of nitrogens with one attached hydrogen (secondary N) is 1. The second-order valence-electron chi connectivity index (χ2n) is 8.92. The minimum atomic E-state index is -2.56. The lowest BCUT2D eigenvalue weighted by molar-refractivity contribution is 0.236. The van der Waals surface area contributed by atoms with Gasteiger partial charge in [0.25, 0.3) is 0 Å². The monoisotopic (exact) mass is 430 g/mol. The van der Waals surface area contributed by atoms with Crippen molar-refractivity contribution in [3.8, 4) is 11.5 Å². The van der Waals surface area contributed by atoms with Gasteiger partial charge in [0.1, 0.15) is 9.92 Å². The maximum atomic E-state index is 12.9. The van der Waals surface area contributed by atoms with Gasteiger partial charge in [-0.3, -0.25) is 4.98 Å². The highest BCUT2D eigenvalue weighted by Gasteiger charge is 2.46. The van der Waals surface area contributed by atoms with Gasteiger partial charge >= 0.3 is 0 Å². The first-order valence-electron chi connectivity index (χ1n) is 10.7. The van der Waals surface area contributed by atoms with Gasteiger partial charge in [-0.2, -0.15) is 0 Å². The zero-order valence-electron chi connectivity index (χ0n) is 17.7. The number of hydrogen-bond donors (Lipinski definition) is 1. The highest BCUT2D eigenvalue weighted by Crippen LogP contribution is 2.45. The number of methoxy groups -OCH3 is 2. The average Bonchev–Trinajstić information content (AvgIpc) is 3.55. The van der Waals surface area contributed by atoms with Crippen molar-refractivity contribution in [2.24, 2.45) is 5.41 Å². The van der Waals surface area contributed by atoms with Crippen LogP contribution in [0.25, 0.3) is 10.9 Å². The van der Waals surface area contributed by atoms with Crippen LogP contribution in [0.1, 0.15) is 32.1 Å². The van der Waals surface area contributed by atoms with Crippen LogP contribution in [0.15, 0.2) is 24.4 Å². The van der Waals surface area contributed by atoms with Crippen LogP contribution in [0.4, 0.5) is 5.69 Å². The molecule has 1 spiro atoms. The fraction of sp³-hybridized carbons (Fsp3) is 0.591. The van der Waals surface area contributed by atoms with E-state index in [1.54, 1.807) is 14.2 Å². The second-order valence-corrected chi connectivity index (χ2v) is 11.2. The topological polar surface area (TPSA) is 78.8 Å². The highest BCUT2D eigenvalue weighted by molar-refractivity contribution is 7.91. The van der Waals surface area contributed by atoms with Crippen molar-refractivity contribution in [3.63, 3.8) is 0 Å². The Balaban J connectivity index is 1.35. The Kier molecular flexibility index (Phi) is 4.82. The van der Waals surface area contributed by atoms with E-state index >= 15 is 0 Å². The van der Waals surface area contributed by atoms with Gasteiger partial charge in [-0.1, -0.05) is 0 Å². The van der Waals surface area contributed by atoms with Gasteiger partial charge in [0.15, 0.2) is 11.5 Å². The van der Waals surface area contributed by atoms with Crippen LogP contribution in [-0.4, -0.2) is 59.1 Å². The molecule has 3 heterocycles. The molecule has 1 atom stereocenters. The van der Waals surface area contributed by atoms with Crippen molar-refractivity contribution >= 4 is 26.5 Å². The largest absolute Gasteiger partial charge is 0.493 e. The quantitative estimate of drug-likeness (QED) is 0.783. The lowest BCUT2D eigenvalue weighted by Gasteiger charge is -2.40. The lowest BCUT2D eigenvalue weighted by atomic mass is 9.77. The molecule has 7 nitrogen and oxygen atoms in total. The zero-order chi connectivity index (χ0) is 20.9. The Morgan fingerprint density at radius 3 is 2.43 bits per heavy atom. The van der Waals surface area contributed by atoms with Gasteiger partial charge in [-0.05, 0) is 49.7 Å². The fourth-order valence-corrected chi connectivity index (χ4v) is 7.11. The number of rotatable bonds is 5. The highest BCUT2D eigenvalue weighted by atomic mass is 32.2. The van der Waals surface area contributed by atoms with E-state index in [9.17, 15) is 4.21 Å². The number of fused-ring (bicyclic) bond motifs is 1. The summed E-state index contributed by atoms with van der Waals surface area (Å²) >= 11 is 0. The molecule has 30 heavy (non-hydrogen) atoms. The summed E-state index contributed by atoms with van der Waals surface area (Å²) in [5, 5.41) is 1.19. The maximum absolute atomic E-state index is 12.9. The molecule has 0 radical (unpaired) electrons. The molecule has 3 fully saturated rings. The molecule has 2 saturated heterocycles. The summed E-state index contributed by atoms with van der Waals surface area (Å²) in [5.41, 5.74) is 2.28. The minimum Gasteiger partial charge on any atom is -0.493 e. The first-order chi connectivity index (χ1) is 14.5. The first-order valence-corrected chi connectivity index (χ1v) is 12.3. The van der Waals surface area contributed by atoms with E-state index in [2.05, 4.69) is 16.0 Å². The molecule has 1 aliphatic carbocycles. The van der Waals surface area contributed by atoms with Crippen molar-refractivity contribution in [1.29, 1.82) is 4.78 Å². The van der Waals surface area contributed by atoms with E-state index in [0.29, 0.717) is 11.5 Å². The number of piperidine rings is 1. The lowest BCUT2D eigenvalue weighted by Crippen LogP contribution is -2.42. The number of benzene rings is 1. The standard InChI is InChI=1S/C22H30N4O3S/c1-28-20-13-17-18(14-21(20)29-2)24-9-5-19(17)25-10-6-22(7-11-25)8-12-26(15-22)30(23,27)16-3-4-16/h5,9,13-14,16,23H,3-4,6-8,10-12,15H2,1-2H3/t30-/m0/s1. The molecular weight excluding hydrogens is 400 g/mol. The van der Waals surface area contributed by atoms with Crippen LogP contribution >= 0.6 is 0 Å². The molecule has 0 unspecified atom stereocenters. The van der Waals surface area contributed by atoms with Crippen molar-refractivity contribution in [2.45, 2.75) is 37.4 Å². The number of pyridine rings is 1. The van der Waals surface area contributed by atoms with Crippen LogP contribution in [0, 0.1) is 10.2 Å². The molecule has 1 saturated carbocycles. The van der Waals surface area contributed by atoms with Gasteiger partial charge in [0.2, 0.25) is 0 Å². The van der Waals surface area contributed by atoms with E-state index in [0.717, 1.165) is 69.2 Å². The Hall–Kier alpha value is -2.06. The average molecular weight is 431 g/mol. The summed E-state index contributed by atoms with van der Waals surface area (Å²) in [6.07, 6.45) is 6.98. The van der Waals surface area contributed by atoms with E-state index < -0.39 is 9.92 Å². The molecule has 0 amide bonds. The minimum absolute atomic E-state index is 0.114. The maximum Gasteiger partial charge on any atom is 0.162 e. The molecule has 5 rings (SSSR count). The molecule has 0 bridgehead atoms. The van der Waals surface area contributed by atoms with Gasteiger partial charge in [0.05, 0.1) is 25.0 Å². The number of nitrogens with zero attached hydrogens (tertiary/aromatic N) is 3.